The van der Waals surface area contributed by atoms with Crippen molar-refractivity contribution in [3.8, 4) is 11.5 Å². The fourth-order valence-corrected chi connectivity index (χ4v) is 3.88. The summed E-state index contributed by atoms with van der Waals surface area (Å²) >= 11 is 0.846. The molecule has 2 aliphatic heterocycles. The number of hydrogen-bond donors (Lipinski definition) is 0. The number of hydrogen-bond acceptors (Lipinski definition) is 6. The Bertz CT molecular complexity index is 786. The van der Waals surface area contributed by atoms with Gasteiger partial charge in [0, 0.05) is 13.1 Å². The van der Waals surface area contributed by atoms with Gasteiger partial charge < -0.3 is 14.4 Å². The van der Waals surface area contributed by atoms with Crippen molar-refractivity contribution in [2.45, 2.75) is 19.8 Å². The lowest BCUT2D eigenvalue weighted by molar-refractivity contribution is -0.135. The van der Waals surface area contributed by atoms with Gasteiger partial charge in [-0.05, 0) is 55.3 Å². The van der Waals surface area contributed by atoms with Crippen LogP contribution in [0.15, 0.2) is 23.1 Å². The van der Waals surface area contributed by atoms with E-state index in [1.165, 1.54) is 0 Å². The van der Waals surface area contributed by atoms with Gasteiger partial charge in [-0.2, -0.15) is 0 Å². The number of benzene rings is 1. The van der Waals surface area contributed by atoms with Crippen molar-refractivity contribution >= 4 is 34.9 Å². The number of ether oxygens (including phenoxy) is 2. The highest BCUT2D eigenvalue weighted by Gasteiger charge is 2.37. The first-order chi connectivity index (χ1) is 13.0. The van der Waals surface area contributed by atoms with Gasteiger partial charge in [-0.15, -0.1) is 0 Å². The summed E-state index contributed by atoms with van der Waals surface area (Å²) in [6.07, 6.45) is 3.56. The molecule has 0 bridgehead atoms. The summed E-state index contributed by atoms with van der Waals surface area (Å²) in [7, 11) is 1.56. The molecular weight excluding hydrogens is 368 g/mol. The summed E-state index contributed by atoms with van der Waals surface area (Å²) in [6, 6.07) is 5.29. The SMILES string of the molecule is CCOc1cc(/C=C2\SC(=O)N(CC(=O)N3CCCC3)C2=O)ccc1OC. The second-order valence-corrected chi connectivity index (χ2v) is 7.19. The summed E-state index contributed by atoms with van der Waals surface area (Å²) in [4.78, 5) is 40.1. The maximum atomic E-state index is 12.6. The van der Waals surface area contributed by atoms with Crippen molar-refractivity contribution < 1.29 is 23.9 Å². The fraction of sp³-hybridized carbons (Fsp3) is 0.421. The first kappa shape index (κ1) is 19.3. The van der Waals surface area contributed by atoms with Crippen LogP contribution in [0.2, 0.25) is 0 Å². The summed E-state index contributed by atoms with van der Waals surface area (Å²) in [5.74, 6) is 0.543. The summed E-state index contributed by atoms with van der Waals surface area (Å²) in [5, 5.41) is -0.419. The lowest BCUT2D eigenvalue weighted by Gasteiger charge is -2.18. The van der Waals surface area contributed by atoms with Gasteiger partial charge in [0.1, 0.15) is 6.54 Å². The van der Waals surface area contributed by atoms with E-state index in [1.54, 1.807) is 36.3 Å². The lowest BCUT2D eigenvalue weighted by atomic mass is 10.2. The molecule has 1 aromatic rings. The fourth-order valence-electron chi connectivity index (χ4n) is 3.04. The molecule has 0 saturated carbocycles. The standard InChI is InChI=1S/C19H22N2O5S/c1-3-26-15-10-13(6-7-14(15)25-2)11-16-18(23)21(19(24)27-16)12-17(22)20-8-4-5-9-20/h6-7,10-11H,3-5,8-9,12H2,1-2H3/b16-11-. The monoisotopic (exact) mass is 390 g/mol. The Hall–Kier alpha value is -2.48. The topological polar surface area (TPSA) is 76.2 Å². The third-order valence-electron chi connectivity index (χ3n) is 4.41. The molecule has 1 aromatic carbocycles. The Morgan fingerprint density at radius 3 is 2.63 bits per heavy atom. The molecule has 0 unspecified atom stereocenters. The molecule has 0 aliphatic carbocycles. The Labute approximate surface area is 162 Å². The normalized spacial score (nSPS) is 18.5. The predicted molar refractivity (Wildman–Crippen MR) is 103 cm³/mol. The number of carbonyl (C=O) groups is 3. The quantitative estimate of drug-likeness (QED) is 0.695. The molecule has 0 spiro atoms. The van der Waals surface area contributed by atoms with Gasteiger partial charge in [0.2, 0.25) is 5.91 Å². The number of carbonyl (C=O) groups excluding carboxylic acids is 3. The van der Waals surface area contributed by atoms with E-state index in [9.17, 15) is 14.4 Å². The first-order valence-corrected chi connectivity index (χ1v) is 9.69. The number of amides is 3. The van der Waals surface area contributed by atoms with Crippen LogP contribution >= 0.6 is 11.8 Å². The molecule has 8 heteroatoms. The number of methoxy groups -OCH3 is 1. The minimum atomic E-state index is -0.439. The van der Waals surface area contributed by atoms with Crippen molar-refractivity contribution in [3.05, 3.63) is 28.7 Å². The highest BCUT2D eigenvalue weighted by atomic mass is 32.2. The van der Waals surface area contributed by atoms with Crippen LogP contribution in [-0.4, -0.2) is 60.2 Å². The highest BCUT2D eigenvalue weighted by Crippen LogP contribution is 2.34. The van der Waals surface area contributed by atoms with E-state index < -0.39 is 11.1 Å². The van der Waals surface area contributed by atoms with E-state index in [4.69, 9.17) is 9.47 Å². The van der Waals surface area contributed by atoms with Crippen molar-refractivity contribution in [1.29, 1.82) is 0 Å². The maximum absolute atomic E-state index is 12.6. The zero-order valence-corrected chi connectivity index (χ0v) is 16.2. The van der Waals surface area contributed by atoms with Crippen LogP contribution in [0.4, 0.5) is 4.79 Å². The molecule has 2 aliphatic rings. The third-order valence-corrected chi connectivity index (χ3v) is 5.32. The molecule has 2 heterocycles. The molecule has 0 N–H and O–H groups in total. The second-order valence-electron chi connectivity index (χ2n) is 6.20. The van der Waals surface area contributed by atoms with Crippen molar-refractivity contribution in [2.75, 3.05) is 33.4 Å². The number of rotatable bonds is 6. The van der Waals surface area contributed by atoms with Gasteiger partial charge in [-0.25, -0.2) is 0 Å². The first-order valence-electron chi connectivity index (χ1n) is 8.87. The van der Waals surface area contributed by atoms with Crippen LogP contribution in [-0.2, 0) is 9.59 Å². The van der Waals surface area contributed by atoms with Crippen molar-refractivity contribution in [2.24, 2.45) is 0 Å². The molecule has 0 aromatic heterocycles. The van der Waals surface area contributed by atoms with Gasteiger partial charge >= 0.3 is 0 Å². The molecule has 27 heavy (non-hydrogen) atoms. The van der Waals surface area contributed by atoms with E-state index in [-0.39, 0.29) is 12.5 Å². The minimum absolute atomic E-state index is 0.181. The van der Waals surface area contributed by atoms with E-state index >= 15 is 0 Å². The Kier molecular flexibility index (Phi) is 6.05. The van der Waals surface area contributed by atoms with Gasteiger partial charge in [0.15, 0.2) is 11.5 Å². The van der Waals surface area contributed by atoms with Gasteiger partial charge in [-0.1, -0.05) is 6.07 Å². The second kappa shape index (κ2) is 8.47. The van der Waals surface area contributed by atoms with Crippen LogP contribution in [0, 0.1) is 0 Å². The molecular formula is C19H22N2O5S. The number of thioether (sulfide) groups is 1. The molecule has 2 fully saturated rings. The zero-order valence-electron chi connectivity index (χ0n) is 15.4. The number of imide groups is 1. The average Bonchev–Trinajstić information content (AvgIpc) is 3.27. The lowest BCUT2D eigenvalue weighted by Crippen LogP contribution is -2.40. The van der Waals surface area contributed by atoms with E-state index in [1.807, 2.05) is 6.92 Å². The molecule has 7 nitrogen and oxygen atoms in total. The van der Waals surface area contributed by atoms with Gasteiger partial charge in [0.05, 0.1) is 18.6 Å². The Morgan fingerprint density at radius 1 is 1.22 bits per heavy atom. The average molecular weight is 390 g/mol. The molecule has 0 radical (unpaired) electrons. The Balaban J connectivity index is 1.75. The van der Waals surface area contributed by atoms with Crippen LogP contribution in [0.5, 0.6) is 11.5 Å². The third kappa shape index (κ3) is 4.27. The van der Waals surface area contributed by atoms with Crippen LogP contribution in [0.3, 0.4) is 0 Å². The zero-order chi connectivity index (χ0) is 19.4. The van der Waals surface area contributed by atoms with Crippen LogP contribution in [0.25, 0.3) is 6.08 Å². The van der Waals surface area contributed by atoms with Crippen LogP contribution in [0.1, 0.15) is 25.3 Å². The molecule has 0 atom stereocenters. The highest BCUT2D eigenvalue weighted by molar-refractivity contribution is 8.18. The predicted octanol–water partition coefficient (Wildman–Crippen LogP) is 2.75. The molecule has 144 valence electrons. The van der Waals surface area contributed by atoms with Gasteiger partial charge in [0.25, 0.3) is 11.1 Å². The van der Waals surface area contributed by atoms with Crippen molar-refractivity contribution in [3.63, 3.8) is 0 Å². The summed E-state index contributed by atoms with van der Waals surface area (Å²) in [5.41, 5.74) is 0.718. The molecule has 3 amide bonds. The smallest absolute Gasteiger partial charge is 0.294 e. The minimum Gasteiger partial charge on any atom is -0.493 e. The van der Waals surface area contributed by atoms with Crippen LogP contribution < -0.4 is 9.47 Å². The maximum Gasteiger partial charge on any atom is 0.294 e. The molecule has 2 saturated heterocycles. The summed E-state index contributed by atoms with van der Waals surface area (Å²) < 4.78 is 10.8. The largest absolute Gasteiger partial charge is 0.493 e. The van der Waals surface area contributed by atoms with Gasteiger partial charge in [-0.3, -0.25) is 19.3 Å². The number of likely N-dealkylation sites (tertiary alicyclic amines) is 1. The number of nitrogens with zero attached hydrogens (tertiary/aromatic N) is 2. The van der Waals surface area contributed by atoms with E-state index in [0.29, 0.717) is 36.1 Å². The van der Waals surface area contributed by atoms with Crippen molar-refractivity contribution in [1.82, 2.24) is 9.80 Å². The summed E-state index contributed by atoms with van der Waals surface area (Å²) in [6.45, 7) is 3.53. The molecule has 3 rings (SSSR count). The van der Waals surface area contributed by atoms with E-state index in [2.05, 4.69) is 0 Å². The van der Waals surface area contributed by atoms with E-state index in [0.717, 1.165) is 35.1 Å². The Morgan fingerprint density at radius 2 is 1.96 bits per heavy atom.